The molecule has 6 nitrogen and oxygen atoms in total. The van der Waals surface area contributed by atoms with Crippen LogP contribution in [0.2, 0.25) is 0 Å². The number of nitrogens with zero attached hydrogens (tertiary/aromatic N) is 2. The van der Waals surface area contributed by atoms with Gasteiger partial charge >= 0.3 is 0 Å². The Morgan fingerprint density at radius 1 is 1.10 bits per heavy atom. The van der Waals surface area contributed by atoms with Crippen molar-refractivity contribution in [3.05, 3.63) is 88.5 Å². The summed E-state index contributed by atoms with van der Waals surface area (Å²) in [6, 6.07) is 14.5. The largest absolute Gasteiger partial charge is 0.467 e. The van der Waals surface area contributed by atoms with Gasteiger partial charge in [-0.25, -0.2) is 9.29 Å². The molecule has 2 heterocycles. The number of imide groups is 1. The van der Waals surface area contributed by atoms with Crippen LogP contribution in [0.3, 0.4) is 0 Å². The summed E-state index contributed by atoms with van der Waals surface area (Å²) in [5.41, 5.74) is 0.235. The lowest BCUT2D eigenvalue weighted by atomic mass is 10.1. The Kier molecular flexibility index (Phi) is 5.50. The van der Waals surface area contributed by atoms with Crippen molar-refractivity contribution in [3.8, 4) is 0 Å². The third-order valence-corrected chi connectivity index (χ3v) is 5.38. The molecule has 1 aliphatic heterocycles. The second-order valence-electron chi connectivity index (χ2n) is 6.76. The molecule has 0 radical (unpaired) electrons. The van der Waals surface area contributed by atoms with Crippen LogP contribution in [0.4, 0.5) is 10.1 Å². The Hall–Kier alpha value is -3.26. The van der Waals surface area contributed by atoms with Gasteiger partial charge in [0, 0.05) is 4.47 Å². The maximum atomic E-state index is 14.3. The summed E-state index contributed by atoms with van der Waals surface area (Å²) in [6.45, 7) is -0.0714. The van der Waals surface area contributed by atoms with Gasteiger partial charge in [-0.15, -0.1) is 0 Å². The highest BCUT2D eigenvalue weighted by atomic mass is 79.9. The molecule has 1 aromatic heterocycles. The summed E-state index contributed by atoms with van der Waals surface area (Å²) in [6.07, 6.45) is 1.24. The van der Waals surface area contributed by atoms with Gasteiger partial charge < -0.3 is 9.32 Å². The highest BCUT2D eigenvalue weighted by Gasteiger charge is 2.45. The van der Waals surface area contributed by atoms with E-state index in [2.05, 4.69) is 15.9 Å². The monoisotopic (exact) mass is 470 g/mol. The summed E-state index contributed by atoms with van der Waals surface area (Å²) >= 11 is 3.32. The van der Waals surface area contributed by atoms with Gasteiger partial charge in [0.05, 0.1) is 30.5 Å². The van der Waals surface area contributed by atoms with E-state index in [-0.39, 0.29) is 18.5 Å². The molecule has 0 aliphatic carbocycles. The van der Waals surface area contributed by atoms with Crippen molar-refractivity contribution >= 4 is 39.3 Å². The predicted molar refractivity (Wildman–Crippen MR) is 110 cm³/mol. The van der Waals surface area contributed by atoms with Gasteiger partial charge in [0.25, 0.3) is 11.8 Å². The van der Waals surface area contributed by atoms with Crippen LogP contribution in [0.5, 0.6) is 0 Å². The fourth-order valence-corrected chi connectivity index (χ4v) is 3.67. The zero-order valence-electron chi connectivity index (χ0n) is 15.6. The Bertz CT molecular complexity index is 1100. The molecule has 1 fully saturated rings. The lowest BCUT2D eigenvalue weighted by molar-refractivity contribution is -0.122. The molecular weight excluding hydrogens is 455 g/mol. The molecule has 1 atom stereocenters. The first-order valence-electron chi connectivity index (χ1n) is 9.16. The van der Waals surface area contributed by atoms with Gasteiger partial charge in [-0.3, -0.25) is 14.4 Å². The SMILES string of the molecule is O=C1CC(N(Cc2ccco2)C(=O)c2ccccc2F)C(=O)N1c1ccc(Br)cc1. The van der Waals surface area contributed by atoms with Crippen LogP contribution in [0, 0.1) is 5.82 Å². The molecule has 0 N–H and O–H groups in total. The third kappa shape index (κ3) is 3.78. The molecule has 30 heavy (non-hydrogen) atoms. The average Bonchev–Trinajstić information content (AvgIpc) is 3.35. The third-order valence-electron chi connectivity index (χ3n) is 4.86. The first-order valence-corrected chi connectivity index (χ1v) is 9.95. The van der Waals surface area contributed by atoms with Crippen molar-refractivity contribution in [2.75, 3.05) is 4.90 Å². The lowest BCUT2D eigenvalue weighted by Gasteiger charge is -2.27. The molecule has 152 valence electrons. The van der Waals surface area contributed by atoms with Crippen molar-refractivity contribution in [1.82, 2.24) is 4.90 Å². The summed E-state index contributed by atoms with van der Waals surface area (Å²) in [7, 11) is 0. The fraction of sp³-hybridized carbons (Fsp3) is 0.136. The van der Waals surface area contributed by atoms with Gasteiger partial charge in [-0.2, -0.15) is 0 Å². The standard InChI is InChI=1S/C22H16BrFN2O4/c23-14-7-9-15(10-8-14)26-20(27)12-19(22(26)29)25(13-16-4-3-11-30-16)21(28)17-5-1-2-6-18(17)24/h1-11,19H,12-13H2. The van der Waals surface area contributed by atoms with Crippen molar-refractivity contribution in [1.29, 1.82) is 0 Å². The number of halogens is 2. The number of anilines is 1. The van der Waals surface area contributed by atoms with Gasteiger partial charge in [0.1, 0.15) is 17.6 Å². The van der Waals surface area contributed by atoms with E-state index in [0.29, 0.717) is 11.4 Å². The van der Waals surface area contributed by atoms with Crippen molar-refractivity contribution in [2.24, 2.45) is 0 Å². The second kappa shape index (κ2) is 8.23. The van der Waals surface area contributed by atoms with E-state index < -0.39 is 29.6 Å². The second-order valence-corrected chi connectivity index (χ2v) is 7.67. The highest BCUT2D eigenvalue weighted by Crippen LogP contribution is 2.29. The normalized spacial score (nSPS) is 16.2. The van der Waals surface area contributed by atoms with Crippen molar-refractivity contribution in [3.63, 3.8) is 0 Å². The highest BCUT2D eigenvalue weighted by molar-refractivity contribution is 9.10. The quantitative estimate of drug-likeness (QED) is 0.525. The van der Waals surface area contributed by atoms with Gasteiger partial charge in [-0.05, 0) is 48.5 Å². The Morgan fingerprint density at radius 3 is 2.50 bits per heavy atom. The molecule has 1 aliphatic rings. The van der Waals surface area contributed by atoms with E-state index in [4.69, 9.17) is 4.42 Å². The molecule has 4 rings (SSSR count). The zero-order valence-corrected chi connectivity index (χ0v) is 17.2. The number of carbonyl (C=O) groups excluding carboxylic acids is 3. The van der Waals surface area contributed by atoms with Gasteiger partial charge in [0.15, 0.2) is 0 Å². The van der Waals surface area contributed by atoms with Crippen molar-refractivity contribution in [2.45, 2.75) is 19.0 Å². The summed E-state index contributed by atoms with van der Waals surface area (Å²) in [5, 5.41) is 0. The predicted octanol–water partition coefficient (Wildman–Crippen LogP) is 4.16. The smallest absolute Gasteiger partial charge is 0.257 e. The summed E-state index contributed by atoms with van der Waals surface area (Å²) < 4.78 is 20.4. The Labute approximate surface area is 180 Å². The zero-order chi connectivity index (χ0) is 21.3. The lowest BCUT2D eigenvalue weighted by Crippen LogP contribution is -2.45. The molecule has 8 heteroatoms. The molecule has 3 aromatic rings. The maximum absolute atomic E-state index is 14.3. The van der Waals surface area contributed by atoms with E-state index in [0.717, 1.165) is 9.37 Å². The van der Waals surface area contributed by atoms with Crippen LogP contribution in [-0.2, 0) is 16.1 Å². The van der Waals surface area contributed by atoms with Crippen LogP contribution < -0.4 is 4.90 Å². The van der Waals surface area contributed by atoms with E-state index >= 15 is 0 Å². The number of furan rings is 1. The number of carbonyl (C=O) groups is 3. The minimum absolute atomic E-state index is 0.0714. The maximum Gasteiger partial charge on any atom is 0.257 e. The summed E-state index contributed by atoms with van der Waals surface area (Å²) in [5.74, 6) is -1.94. The number of benzene rings is 2. The van der Waals surface area contributed by atoms with E-state index in [9.17, 15) is 18.8 Å². The van der Waals surface area contributed by atoms with Crippen LogP contribution in [0.15, 0.2) is 75.8 Å². The Balaban J connectivity index is 1.69. The topological polar surface area (TPSA) is 70.8 Å². The molecule has 0 spiro atoms. The average molecular weight is 471 g/mol. The molecule has 0 saturated carbocycles. The Morgan fingerprint density at radius 2 is 1.83 bits per heavy atom. The molecule has 1 unspecified atom stereocenters. The minimum atomic E-state index is -1.07. The van der Waals surface area contributed by atoms with Gasteiger partial charge in [0.2, 0.25) is 5.91 Å². The number of hydrogen-bond donors (Lipinski definition) is 0. The molecular formula is C22H16BrFN2O4. The number of amides is 3. The number of rotatable bonds is 5. The van der Waals surface area contributed by atoms with Crippen LogP contribution in [0.1, 0.15) is 22.5 Å². The summed E-state index contributed by atoms with van der Waals surface area (Å²) in [4.78, 5) is 41.3. The molecule has 1 saturated heterocycles. The molecule has 0 bridgehead atoms. The van der Waals surface area contributed by atoms with E-state index in [1.54, 1.807) is 36.4 Å². The number of hydrogen-bond acceptors (Lipinski definition) is 4. The van der Waals surface area contributed by atoms with E-state index in [1.807, 2.05) is 0 Å². The minimum Gasteiger partial charge on any atom is -0.467 e. The van der Waals surface area contributed by atoms with Crippen molar-refractivity contribution < 1.29 is 23.2 Å². The fourth-order valence-electron chi connectivity index (χ4n) is 3.40. The van der Waals surface area contributed by atoms with Crippen LogP contribution in [0.25, 0.3) is 0 Å². The van der Waals surface area contributed by atoms with E-state index in [1.165, 1.54) is 35.4 Å². The molecule has 2 aromatic carbocycles. The first-order chi connectivity index (χ1) is 14.5. The van der Waals surface area contributed by atoms with Gasteiger partial charge in [-0.1, -0.05) is 28.1 Å². The van der Waals surface area contributed by atoms with Crippen LogP contribution in [-0.4, -0.2) is 28.7 Å². The van der Waals surface area contributed by atoms with Crippen LogP contribution >= 0.6 is 15.9 Å². The first kappa shape index (κ1) is 20.0. The molecule has 3 amide bonds.